The van der Waals surface area contributed by atoms with E-state index < -0.39 is 11.7 Å². The second kappa shape index (κ2) is 9.10. The number of benzene rings is 3. The van der Waals surface area contributed by atoms with Crippen molar-refractivity contribution < 1.29 is 14.0 Å². The van der Waals surface area contributed by atoms with Gasteiger partial charge in [0, 0.05) is 22.5 Å². The SMILES string of the molecule is Cc1ccc(C(=O)NCCc2csc3ccccc23)cc1NC(=O)c1ccccc1F. The molecule has 0 radical (unpaired) electrons. The highest BCUT2D eigenvalue weighted by molar-refractivity contribution is 7.17. The number of carbonyl (C=O) groups excluding carboxylic acids is 2. The monoisotopic (exact) mass is 432 g/mol. The molecule has 0 aliphatic carbocycles. The molecule has 0 fully saturated rings. The number of thiophene rings is 1. The van der Waals surface area contributed by atoms with Crippen molar-refractivity contribution in [1.29, 1.82) is 0 Å². The highest BCUT2D eigenvalue weighted by atomic mass is 32.1. The number of halogens is 1. The zero-order valence-corrected chi connectivity index (χ0v) is 17.8. The van der Waals surface area contributed by atoms with E-state index in [2.05, 4.69) is 28.1 Å². The average molecular weight is 433 g/mol. The van der Waals surface area contributed by atoms with Crippen molar-refractivity contribution in [2.45, 2.75) is 13.3 Å². The molecule has 2 amide bonds. The number of hydrogen-bond acceptors (Lipinski definition) is 3. The van der Waals surface area contributed by atoms with E-state index in [0.717, 1.165) is 12.0 Å². The molecule has 156 valence electrons. The van der Waals surface area contributed by atoms with Crippen LogP contribution in [-0.2, 0) is 6.42 Å². The zero-order chi connectivity index (χ0) is 21.8. The molecule has 3 aromatic carbocycles. The van der Waals surface area contributed by atoms with Gasteiger partial charge in [0.2, 0.25) is 0 Å². The van der Waals surface area contributed by atoms with Gasteiger partial charge in [0.1, 0.15) is 5.82 Å². The largest absolute Gasteiger partial charge is 0.352 e. The lowest BCUT2D eigenvalue weighted by atomic mass is 10.1. The molecule has 0 saturated heterocycles. The fourth-order valence-electron chi connectivity index (χ4n) is 3.37. The van der Waals surface area contributed by atoms with Crippen molar-refractivity contribution in [3.63, 3.8) is 0 Å². The van der Waals surface area contributed by atoms with E-state index in [1.54, 1.807) is 35.6 Å². The van der Waals surface area contributed by atoms with Gasteiger partial charge < -0.3 is 10.6 Å². The lowest BCUT2D eigenvalue weighted by molar-refractivity contribution is 0.0952. The third kappa shape index (κ3) is 4.64. The minimum Gasteiger partial charge on any atom is -0.352 e. The first-order valence-electron chi connectivity index (χ1n) is 9.93. The fourth-order valence-corrected chi connectivity index (χ4v) is 4.37. The van der Waals surface area contributed by atoms with E-state index in [-0.39, 0.29) is 11.5 Å². The molecule has 1 heterocycles. The van der Waals surface area contributed by atoms with Gasteiger partial charge in [0.05, 0.1) is 5.56 Å². The first-order chi connectivity index (χ1) is 15.0. The molecule has 0 bridgehead atoms. The van der Waals surface area contributed by atoms with E-state index in [0.29, 0.717) is 17.8 Å². The van der Waals surface area contributed by atoms with Crippen molar-refractivity contribution in [2.24, 2.45) is 0 Å². The standard InChI is InChI=1S/C25H21FN2O2S/c1-16-10-11-17(14-22(16)28-25(30)20-7-2-4-8-21(20)26)24(29)27-13-12-18-15-31-23-9-5-3-6-19(18)23/h2-11,14-15H,12-13H2,1H3,(H,27,29)(H,28,30). The maximum Gasteiger partial charge on any atom is 0.258 e. The number of hydrogen-bond donors (Lipinski definition) is 2. The van der Waals surface area contributed by atoms with Gasteiger partial charge in [-0.1, -0.05) is 36.4 Å². The molecule has 0 aliphatic heterocycles. The van der Waals surface area contributed by atoms with Gasteiger partial charge in [0.15, 0.2) is 0 Å². The smallest absolute Gasteiger partial charge is 0.258 e. The van der Waals surface area contributed by atoms with Crippen LogP contribution in [0, 0.1) is 12.7 Å². The van der Waals surface area contributed by atoms with Crippen LogP contribution >= 0.6 is 11.3 Å². The lowest BCUT2D eigenvalue weighted by Gasteiger charge is -2.11. The van der Waals surface area contributed by atoms with Gasteiger partial charge in [-0.2, -0.15) is 0 Å². The minimum absolute atomic E-state index is 0.0419. The van der Waals surface area contributed by atoms with Crippen LogP contribution in [0.5, 0.6) is 0 Å². The van der Waals surface area contributed by atoms with E-state index in [1.165, 1.54) is 33.8 Å². The van der Waals surface area contributed by atoms with Crippen LogP contribution < -0.4 is 10.6 Å². The summed E-state index contributed by atoms with van der Waals surface area (Å²) < 4.78 is 15.1. The molecular formula is C25H21FN2O2S. The predicted octanol–water partition coefficient (Wildman–Crippen LogP) is 5.57. The Morgan fingerprint density at radius 1 is 0.968 bits per heavy atom. The van der Waals surface area contributed by atoms with Crippen molar-refractivity contribution in [3.8, 4) is 0 Å². The molecule has 4 nitrogen and oxygen atoms in total. The lowest BCUT2D eigenvalue weighted by Crippen LogP contribution is -2.26. The quantitative estimate of drug-likeness (QED) is 0.418. The maximum atomic E-state index is 13.9. The van der Waals surface area contributed by atoms with Crippen molar-refractivity contribution in [3.05, 3.63) is 100 Å². The van der Waals surface area contributed by atoms with E-state index in [9.17, 15) is 14.0 Å². The molecule has 0 unspecified atom stereocenters. The number of nitrogens with one attached hydrogen (secondary N) is 2. The molecule has 6 heteroatoms. The van der Waals surface area contributed by atoms with Gasteiger partial charge in [-0.05, 0) is 65.6 Å². The van der Waals surface area contributed by atoms with Crippen LogP contribution in [0.15, 0.2) is 72.1 Å². The third-order valence-corrected chi connectivity index (χ3v) is 6.12. The summed E-state index contributed by atoms with van der Waals surface area (Å²) in [6, 6.07) is 19.1. The number of carbonyl (C=O) groups is 2. The Labute approximate surface area is 183 Å². The predicted molar refractivity (Wildman–Crippen MR) is 123 cm³/mol. The Hall–Kier alpha value is -3.51. The fraction of sp³-hybridized carbons (Fsp3) is 0.120. The minimum atomic E-state index is -0.590. The Morgan fingerprint density at radius 2 is 1.74 bits per heavy atom. The van der Waals surface area contributed by atoms with Crippen LogP contribution in [0.2, 0.25) is 0 Å². The summed E-state index contributed by atoms with van der Waals surface area (Å²) in [6.07, 6.45) is 0.735. The molecule has 0 atom stereocenters. The Kier molecular flexibility index (Phi) is 6.09. The van der Waals surface area contributed by atoms with Gasteiger partial charge >= 0.3 is 0 Å². The number of anilines is 1. The number of aryl methyl sites for hydroxylation is 1. The van der Waals surface area contributed by atoms with Crippen molar-refractivity contribution in [2.75, 3.05) is 11.9 Å². The summed E-state index contributed by atoms with van der Waals surface area (Å²) in [6.45, 7) is 2.32. The molecule has 4 aromatic rings. The molecule has 0 aliphatic rings. The molecule has 4 rings (SSSR count). The van der Waals surface area contributed by atoms with E-state index in [1.807, 2.05) is 19.1 Å². The summed E-state index contributed by atoms with van der Waals surface area (Å²) in [5, 5.41) is 8.98. The summed E-state index contributed by atoms with van der Waals surface area (Å²) in [5.74, 6) is -1.36. The van der Waals surface area contributed by atoms with E-state index in [4.69, 9.17) is 0 Å². The van der Waals surface area contributed by atoms with Crippen LogP contribution in [0.25, 0.3) is 10.1 Å². The number of amides is 2. The van der Waals surface area contributed by atoms with Gasteiger partial charge in [-0.3, -0.25) is 9.59 Å². The maximum absolute atomic E-state index is 13.9. The molecule has 1 aromatic heterocycles. The van der Waals surface area contributed by atoms with E-state index >= 15 is 0 Å². The number of rotatable bonds is 6. The van der Waals surface area contributed by atoms with Crippen LogP contribution in [-0.4, -0.2) is 18.4 Å². The summed E-state index contributed by atoms with van der Waals surface area (Å²) in [5.41, 5.74) is 2.86. The third-order valence-electron chi connectivity index (χ3n) is 5.11. The van der Waals surface area contributed by atoms with Crippen molar-refractivity contribution in [1.82, 2.24) is 5.32 Å². The molecule has 2 N–H and O–H groups in total. The van der Waals surface area contributed by atoms with Gasteiger partial charge in [-0.15, -0.1) is 11.3 Å². The summed E-state index contributed by atoms with van der Waals surface area (Å²) >= 11 is 1.70. The first-order valence-corrected chi connectivity index (χ1v) is 10.8. The van der Waals surface area contributed by atoms with Crippen LogP contribution in [0.3, 0.4) is 0 Å². The highest BCUT2D eigenvalue weighted by Crippen LogP contribution is 2.25. The second-order valence-corrected chi connectivity index (χ2v) is 8.14. The van der Waals surface area contributed by atoms with Crippen LogP contribution in [0.4, 0.5) is 10.1 Å². The van der Waals surface area contributed by atoms with Gasteiger partial charge in [0.25, 0.3) is 11.8 Å². The average Bonchev–Trinajstić information content (AvgIpc) is 3.18. The normalized spacial score (nSPS) is 10.8. The van der Waals surface area contributed by atoms with Crippen molar-refractivity contribution >= 4 is 38.9 Å². The molecular weight excluding hydrogens is 411 g/mol. The Balaban J connectivity index is 1.42. The number of fused-ring (bicyclic) bond motifs is 1. The molecule has 0 saturated carbocycles. The van der Waals surface area contributed by atoms with Crippen LogP contribution in [0.1, 0.15) is 31.8 Å². The first kappa shape index (κ1) is 20.8. The summed E-state index contributed by atoms with van der Waals surface area (Å²) in [4.78, 5) is 25.1. The Bertz CT molecular complexity index is 1270. The topological polar surface area (TPSA) is 58.2 Å². The Morgan fingerprint density at radius 3 is 2.58 bits per heavy atom. The second-order valence-electron chi connectivity index (χ2n) is 7.23. The van der Waals surface area contributed by atoms with Gasteiger partial charge in [-0.25, -0.2) is 4.39 Å². The zero-order valence-electron chi connectivity index (χ0n) is 16.9. The highest BCUT2D eigenvalue weighted by Gasteiger charge is 2.14. The molecule has 0 spiro atoms. The molecule has 31 heavy (non-hydrogen) atoms. The summed E-state index contributed by atoms with van der Waals surface area (Å²) in [7, 11) is 0.